The van der Waals surface area contributed by atoms with Gasteiger partial charge in [-0.1, -0.05) is 19.8 Å². The maximum absolute atomic E-state index is 6.13. The molecule has 23 heavy (non-hydrogen) atoms. The van der Waals surface area contributed by atoms with Crippen LogP contribution in [0.2, 0.25) is 0 Å². The van der Waals surface area contributed by atoms with E-state index in [4.69, 9.17) is 17.0 Å². The second-order valence-corrected chi connectivity index (χ2v) is 8.78. The highest BCUT2D eigenvalue weighted by atomic mass is 127. The van der Waals surface area contributed by atoms with Gasteiger partial charge in [0, 0.05) is 14.7 Å². The molecule has 1 aromatic rings. The molecule has 0 heterocycles. The Bertz CT molecular complexity index is 537. The van der Waals surface area contributed by atoms with E-state index in [1.807, 2.05) is 12.1 Å². The molecule has 0 aromatic heterocycles. The van der Waals surface area contributed by atoms with Gasteiger partial charge in [0.25, 0.3) is 5.17 Å². The Hall–Kier alpha value is -0.360. The Morgan fingerprint density at radius 3 is 2.43 bits per heavy atom. The van der Waals surface area contributed by atoms with Crippen LogP contribution in [-0.2, 0) is 4.74 Å². The zero-order chi connectivity index (χ0) is 16.3. The summed E-state index contributed by atoms with van der Waals surface area (Å²) in [5, 5.41) is 3.76. The molecule has 2 fully saturated rings. The first-order chi connectivity index (χ1) is 11.1. The van der Waals surface area contributed by atoms with Crippen LogP contribution >= 0.6 is 34.8 Å². The van der Waals surface area contributed by atoms with Crippen molar-refractivity contribution in [2.24, 2.45) is 11.3 Å². The Morgan fingerprint density at radius 1 is 1.22 bits per heavy atom. The molecule has 2 saturated carbocycles. The predicted octanol–water partition coefficient (Wildman–Crippen LogP) is 6.14. The van der Waals surface area contributed by atoms with Crippen molar-refractivity contribution >= 4 is 45.7 Å². The third kappa shape index (κ3) is 4.19. The molecular weight excluding hydrogens is 417 g/mol. The molecule has 0 radical (unpaired) electrons. The van der Waals surface area contributed by atoms with Crippen molar-refractivity contribution in [3.63, 3.8) is 0 Å². The largest absolute Gasteiger partial charge is 0.467 e. The number of anilines is 1. The van der Waals surface area contributed by atoms with Crippen molar-refractivity contribution < 1.29 is 4.74 Å². The molecule has 0 aliphatic heterocycles. The molecule has 0 bridgehead atoms. The lowest BCUT2D eigenvalue weighted by Crippen LogP contribution is -2.50. The summed E-state index contributed by atoms with van der Waals surface area (Å²) in [4.78, 5) is 0. The molecule has 0 saturated heterocycles. The quantitative estimate of drug-likeness (QED) is 0.446. The van der Waals surface area contributed by atoms with Gasteiger partial charge in [0.1, 0.15) is 6.10 Å². The average molecular weight is 443 g/mol. The van der Waals surface area contributed by atoms with Crippen molar-refractivity contribution in [3.05, 3.63) is 27.8 Å². The fraction of sp³-hybridized carbons (Fsp3) is 0.632. The Morgan fingerprint density at radius 2 is 1.87 bits per heavy atom. The van der Waals surface area contributed by atoms with Crippen LogP contribution in [-0.4, -0.2) is 11.3 Å². The normalized spacial score (nSPS) is 29.8. The van der Waals surface area contributed by atoms with Crippen molar-refractivity contribution in [1.29, 1.82) is 0 Å². The van der Waals surface area contributed by atoms with Crippen LogP contribution in [0.25, 0.3) is 0 Å². The van der Waals surface area contributed by atoms with Crippen molar-refractivity contribution in [2.75, 3.05) is 5.32 Å². The van der Waals surface area contributed by atoms with Gasteiger partial charge in [0.15, 0.2) is 0 Å². The Labute approximate surface area is 158 Å². The lowest BCUT2D eigenvalue weighted by Gasteiger charge is -2.52. The lowest BCUT2D eigenvalue weighted by atomic mass is 9.57. The fourth-order valence-electron chi connectivity index (χ4n) is 4.19. The molecule has 1 aromatic carbocycles. The van der Waals surface area contributed by atoms with E-state index in [9.17, 15) is 0 Å². The lowest BCUT2D eigenvalue weighted by molar-refractivity contribution is -0.0843. The molecule has 4 heteroatoms. The minimum atomic E-state index is 0.328. The van der Waals surface area contributed by atoms with Crippen molar-refractivity contribution in [2.45, 2.75) is 64.4 Å². The van der Waals surface area contributed by atoms with Crippen molar-refractivity contribution in [3.8, 4) is 0 Å². The fourth-order valence-corrected chi connectivity index (χ4v) is 4.78. The number of hydrogen-bond acceptors (Lipinski definition) is 2. The van der Waals surface area contributed by atoms with Gasteiger partial charge in [-0.05, 0) is 104 Å². The zero-order valence-electron chi connectivity index (χ0n) is 13.8. The second kappa shape index (κ2) is 7.68. The number of thiocarbonyl (C=S) groups is 1. The zero-order valence-corrected chi connectivity index (χ0v) is 16.8. The molecule has 1 atom stereocenters. The van der Waals surface area contributed by atoms with Crippen molar-refractivity contribution in [1.82, 2.24) is 0 Å². The van der Waals surface area contributed by atoms with Gasteiger partial charge in [0.05, 0.1) is 0 Å². The van der Waals surface area contributed by atoms with Crippen LogP contribution in [0.5, 0.6) is 0 Å². The summed E-state index contributed by atoms with van der Waals surface area (Å²) in [6.45, 7) is 2.30. The number of halogens is 1. The molecule has 1 spiro atoms. The van der Waals surface area contributed by atoms with Crippen LogP contribution in [0.1, 0.15) is 58.3 Å². The standard InChI is InChI=1S/C19H26INOS/c1-2-3-14-8-11-19(12-9-14)13-10-17(19)22-18(23)21-16-6-4-15(20)5-7-16/h4-7,14,17H,2-3,8-13H2,1H3,(H,21,23)/t14?,17-,19?/m0/s1. The predicted molar refractivity (Wildman–Crippen MR) is 109 cm³/mol. The SMILES string of the molecule is CCCC1CCC2(CC1)CC[C@@H]2OC(=S)Nc1ccc(I)cc1. The van der Waals surface area contributed by atoms with Gasteiger partial charge in [-0.2, -0.15) is 0 Å². The molecular formula is C19H26INOS. The summed E-state index contributed by atoms with van der Waals surface area (Å²) in [5.74, 6) is 0.948. The first-order valence-electron chi connectivity index (χ1n) is 8.84. The summed E-state index contributed by atoms with van der Waals surface area (Å²) >= 11 is 7.73. The third-order valence-electron chi connectivity index (χ3n) is 5.73. The Kier molecular flexibility index (Phi) is 5.83. The van der Waals surface area contributed by atoms with E-state index in [1.54, 1.807) is 0 Å². The van der Waals surface area contributed by atoms with E-state index in [1.165, 1.54) is 48.5 Å². The number of benzene rings is 1. The highest BCUT2D eigenvalue weighted by Gasteiger charge is 2.50. The second-order valence-electron chi connectivity index (χ2n) is 7.16. The minimum absolute atomic E-state index is 0.328. The van der Waals surface area contributed by atoms with Crippen LogP contribution in [0, 0.1) is 14.9 Å². The van der Waals surface area contributed by atoms with E-state index < -0.39 is 0 Å². The molecule has 2 aliphatic rings. The molecule has 3 rings (SSSR count). The van der Waals surface area contributed by atoms with Gasteiger partial charge >= 0.3 is 0 Å². The average Bonchev–Trinajstić information content (AvgIpc) is 2.55. The number of rotatable bonds is 4. The monoisotopic (exact) mass is 443 g/mol. The smallest absolute Gasteiger partial charge is 0.261 e. The minimum Gasteiger partial charge on any atom is -0.467 e. The van der Waals surface area contributed by atoms with Gasteiger partial charge in [0.2, 0.25) is 0 Å². The van der Waals surface area contributed by atoms with E-state index in [0.29, 0.717) is 16.7 Å². The number of ether oxygens (including phenoxy) is 1. The highest BCUT2D eigenvalue weighted by molar-refractivity contribution is 14.1. The van der Waals surface area contributed by atoms with Gasteiger partial charge in [-0.3, -0.25) is 0 Å². The number of hydrogen-bond donors (Lipinski definition) is 1. The van der Waals surface area contributed by atoms with Crippen LogP contribution in [0.3, 0.4) is 0 Å². The van der Waals surface area contributed by atoms with E-state index in [2.05, 4.69) is 47.0 Å². The van der Waals surface area contributed by atoms with E-state index >= 15 is 0 Å². The van der Waals surface area contributed by atoms with Gasteiger partial charge < -0.3 is 10.1 Å². The van der Waals surface area contributed by atoms with Crippen LogP contribution in [0.15, 0.2) is 24.3 Å². The molecule has 2 aliphatic carbocycles. The molecule has 0 amide bonds. The van der Waals surface area contributed by atoms with Crippen LogP contribution < -0.4 is 5.32 Å². The number of nitrogens with one attached hydrogen (secondary N) is 1. The van der Waals surface area contributed by atoms with Gasteiger partial charge in [-0.15, -0.1) is 0 Å². The first-order valence-corrected chi connectivity index (χ1v) is 10.3. The molecule has 2 nitrogen and oxygen atoms in total. The van der Waals surface area contributed by atoms with E-state index in [-0.39, 0.29) is 0 Å². The summed E-state index contributed by atoms with van der Waals surface area (Å²) in [5.41, 5.74) is 1.43. The van der Waals surface area contributed by atoms with E-state index in [0.717, 1.165) is 18.0 Å². The topological polar surface area (TPSA) is 21.3 Å². The summed E-state index contributed by atoms with van der Waals surface area (Å²) < 4.78 is 7.35. The van der Waals surface area contributed by atoms with Gasteiger partial charge in [-0.25, -0.2) is 0 Å². The maximum Gasteiger partial charge on any atom is 0.261 e. The molecule has 126 valence electrons. The Balaban J connectivity index is 1.50. The summed E-state index contributed by atoms with van der Waals surface area (Å²) in [6.07, 6.45) is 10.9. The molecule has 0 unspecified atom stereocenters. The summed E-state index contributed by atoms with van der Waals surface area (Å²) in [7, 11) is 0. The summed E-state index contributed by atoms with van der Waals surface area (Å²) in [6, 6.07) is 8.24. The van der Waals surface area contributed by atoms with Crippen LogP contribution in [0.4, 0.5) is 5.69 Å². The first kappa shape index (κ1) is 17.5. The third-order valence-corrected chi connectivity index (χ3v) is 6.64. The maximum atomic E-state index is 6.13. The highest BCUT2D eigenvalue weighted by Crippen LogP contribution is 2.54. The molecule has 1 N–H and O–H groups in total.